The van der Waals surface area contributed by atoms with Crippen molar-refractivity contribution >= 4 is 23.6 Å². The number of thioether (sulfide) groups is 1. The molecule has 9 nitrogen and oxygen atoms in total. The molecule has 124 valence electrons. The van der Waals surface area contributed by atoms with Crippen LogP contribution in [0, 0.1) is 0 Å². The van der Waals surface area contributed by atoms with Gasteiger partial charge < -0.3 is 40.8 Å². The molecular weight excluding hydrogens is 329 g/mol. The fraction of sp³-hybridized carbons (Fsp3) is 0.818. The predicted molar refractivity (Wildman–Crippen MR) is 71.0 cm³/mol. The maximum absolute atomic E-state index is 11.6. The average molecular weight is 349 g/mol. The summed E-state index contributed by atoms with van der Waals surface area (Å²) in [4.78, 5) is 22.4. The number of rotatable bonds is 10. The largest absolute Gasteiger partial charge is 1.00 e. The van der Waals surface area contributed by atoms with Crippen molar-refractivity contribution in [2.45, 2.75) is 36.9 Å². The summed E-state index contributed by atoms with van der Waals surface area (Å²) in [6.45, 7) is -0.887. The number of hydrogen-bond donors (Lipinski definition) is 6. The van der Waals surface area contributed by atoms with Gasteiger partial charge in [0.05, 0.1) is 18.6 Å². The van der Waals surface area contributed by atoms with E-state index in [1.807, 2.05) is 5.32 Å². The molecule has 0 saturated heterocycles. The van der Waals surface area contributed by atoms with E-state index in [9.17, 15) is 30.0 Å². The Morgan fingerprint density at radius 3 is 2.14 bits per heavy atom. The number of hydrogen-bond acceptors (Lipinski definition) is 9. The Hall–Kier alpha value is 0.0900. The van der Waals surface area contributed by atoms with Crippen LogP contribution in [0.4, 0.5) is 0 Å². The van der Waals surface area contributed by atoms with Crippen molar-refractivity contribution in [3.05, 3.63) is 0 Å². The maximum Gasteiger partial charge on any atom is 1.00 e. The number of aliphatic hydroxyl groups excluding tert-OH is 5. The molecule has 22 heavy (non-hydrogen) atoms. The molecule has 0 saturated carbocycles. The van der Waals surface area contributed by atoms with E-state index in [0.29, 0.717) is 5.75 Å². The molecule has 0 radical (unpaired) electrons. The molecule has 11 heteroatoms. The molecule has 0 aromatic carbocycles. The SMILES string of the molecule is CSCCC(NC(=O)C(O)C(O)C(O)C(O)CO)C(=O)[O-].[Na+]. The van der Waals surface area contributed by atoms with Crippen LogP contribution < -0.4 is 40.0 Å². The molecule has 0 aliphatic carbocycles. The molecule has 0 aliphatic heterocycles. The van der Waals surface area contributed by atoms with Crippen molar-refractivity contribution in [2.24, 2.45) is 0 Å². The molecule has 0 spiro atoms. The van der Waals surface area contributed by atoms with Crippen LogP contribution in [-0.2, 0) is 9.59 Å². The Morgan fingerprint density at radius 1 is 1.18 bits per heavy atom. The zero-order chi connectivity index (χ0) is 16.6. The molecule has 0 fully saturated rings. The Bertz CT molecular complexity index is 348. The Labute approximate surface area is 154 Å². The minimum absolute atomic E-state index is 0. The molecule has 5 atom stereocenters. The second-order valence-corrected chi connectivity index (χ2v) is 5.32. The van der Waals surface area contributed by atoms with Gasteiger partial charge in [0.1, 0.15) is 18.3 Å². The van der Waals surface area contributed by atoms with E-state index in [1.54, 1.807) is 6.26 Å². The number of carboxylic acids is 1. The van der Waals surface area contributed by atoms with Gasteiger partial charge in [-0.3, -0.25) is 4.79 Å². The summed E-state index contributed by atoms with van der Waals surface area (Å²) < 4.78 is 0. The Balaban J connectivity index is 0. The number of carbonyl (C=O) groups excluding carboxylic acids is 2. The molecule has 6 N–H and O–H groups in total. The van der Waals surface area contributed by atoms with E-state index in [1.165, 1.54) is 11.8 Å². The van der Waals surface area contributed by atoms with Gasteiger partial charge in [-0.15, -0.1) is 0 Å². The number of amides is 1. The van der Waals surface area contributed by atoms with Crippen molar-refractivity contribution in [3.63, 3.8) is 0 Å². The van der Waals surface area contributed by atoms with Gasteiger partial charge in [-0.2, -0.15) is 11.8 Å². The summed E-state index contributed by atoms with van der Waals surface area (Å²) >= 11 is 1.35. The number of carbonyl (C=O) groups is 2. The van der Waals surface area contributed by atoms with Crippen LogP contribution in [0.3, 0.4) is 0 Å². The van der Waals surface area contributed by atoms with Crippen molar-refractivity contribution in [1.82, 2.24) is 5.32 Å². The first kappa shape index (κ1) is 24.3. The standard InChI is InChI=1S/C11H21NO8S.Na/c1-21-3-2-5(11(19)20)12-10(18)9(17)8(16)7(15)6(14)4-13;/h5-9,13-17H,2-4H2,1H3,(H,12,18)(H,19,20);/q;+1/p-1. The fourth-order valence-corrected chi connectivity index (χ4v) is 1.89. The van der Waals surface area contributed by atoms with E-state index in [4.69, 9.17) is 10.2 Å². The molecule has 1 amide bonds. The summed E-state index contributed by atoms with van der Waals surface area (Å²) in [5.41, 5.74) is 0. The summed E-state index contributed by atoms with van der Waals surface area (Å²) in [5, 5.41) is 58.9. The van der Waals surface area contributed by atoms with Crippen LogP contribution in [0.5, 0.6) is 0 Å². The molecule has 0 aromatic rings. The summed E-state index contributed by atoms with van der Waals surface area (Å²) in [6, 6.07) is -1.35. The Kier molecular flexibility index (Phi) is 13.8. The summed E-state index contributed by atoms with van der Waals surface area (Å²) in [7, 11) is 0. The molecule has 5 unspecified atom stereocenters. The number of aliphatic hydroxyl groups is 5. The van der Waals surface area contributed by atoms with Crippen LogP contribution in [-0.4, -0.2) is 86.5 Å². The molecule has 0 aromatic heterocycles. The summed E-state index contributed by atoms with van der Waals surface area (Å²) in [5.74, 6) is -2.36. The van der Waals surface area contributed by atoms with Crippen LogP contribution >= 0.6 is 11.8 Å². The predicted octanol–water partition coefficient (Wildman–Crippen LogP) is -7.59. The van der Waals surface area contributed by atoms with Crippen LogP contribution in [0.25, 0.3) is 0 Å². The number of carboxylic acid groups (broad SMARTS) is 1. The third-order valence-corrected chi connectivity index (χ3v) is 3.38. The quantitative estimate of drug-likeness (QED) is 0.210. The van der Waals surface area contributed by atoms with Crippen LogP contribution in [0.15, 0.2) is 0 Å². The van der Waals surface area contributed by atoms with E-state index in [2.05, 4.69) is 0 Å². The van der Waals surface area contributed by atoms with Crippen molar-refractivity contribution in [3.8, 4) is 0 Å². The fourth-order valence-electron chi connectivity index (χ4n) is 1.42. The topological polar surface area (TPSA) is 170 Å². The van der Waals surface area contributed by atoms with E-state index >= 15 is 0 Å². The number of aliphatic carboxylic acids is 1. The van der Waals surface area contributed by atoms with Gasteiger partial charge >= 0.3 is 29.6 Å². The summed E-state index contributed by atoms with van der Waals surface area (Å²) in [6.07, 6.45) is -6.19. The Morgan fingerprint density at radius 2 is 1.73 bits per heavy atom. The van der Waals surface area contributed by atoms with Crippen molar-refractivity contribution in [1.29, 1.82) is 0 Å². The van der Waals surface area contributed by atoms with Crippen LogP contribution in [0.1, 0.15) is 6.42 Å². The van der Waals surface area contributed by atoms with Gasteiger partial charge in [0, 0.05) is 0 Å². The van der Waals surface area contributed by atoms with Gasteiger partial charge in [-0.25, -0.2) is 0 Å². The molecule has 0 rings (SSSR count). The van der Waals surface area contributed by atoms with Gasteiger partial charge in [-0.05, 0) is 18.4 Å². The van der Waals surface area contributed by atoms with E-state index in [-0.39, 0.29) is 36.0 Å². The van der Waals surface area contributed by atoms with Gasteiger partial charge in [-0.1, -0.05) is 0 Å². The van der Waals surface area contributed by atoms with E-state index in [0.717, 1.165) is 0 Å². The monoisotopic (exact) mass is 349 g/mol. The van der Waals surface area contributed by atoms with Gasteiger partial charge in [0.15, 0.2) is 6.10 Å². The molecule has 0 heterocycles. The minimum Gasteiger partial charge on any atom is -0.548 e. The van der Waals surface area contributed by atoms with Crippen molar-refractivity contribution < 1.29 is 69.8 Å². The molecular formula is C11H20NNaO8S. The third kappa shape index (κ3) is 8.09. The zero-order valence-corrected chi connectivity index (χ0v) is 15.2. The molecule has 0 bridgehead atoms. The average Bonchev–Trinajstić information content (AvgIpc) is 2.47. The first-order valence-electron chi connectivity index (χ1n) is 6.09. The first-order valence-corrected chi connectivity index (χ1v) is 7.48. The zero-order valence-electron chi connectivity index (χ0n) is 12.4. The van der Waals surface area contributed by atoms with E-state index < -0.39 is 48.9 Å². The van der Waals surface area contributed by atoms with Crippen LogP contribution in [0.2, 0.25) is 0 Å². The van der Waals surface area contributed by atoms with Gasteiger partial charge in [0.25, 0.3) is 5.91 Å². The normalized spacial score (nSPS) is 17.5. The van der Waals surface area contributed by atoms with Crippen molar-refractivity contribution in [2.75, 3.05) is 18.6 Å². The second kappa shape index (κ2) is 12.5. The smallest absolute Gasteiger partial charge is 0.548 e. The first-order chi connectivity index (χ1) is 9.76. The number of nitrogens with one attached hydrogen (secondary N) is 1. The minimum atomic E-state index is -2.17. The maximum atomic E-state index is 11.6. The van der Waals surface area contributed by atoms with Gasteiger partial charge in [0.2, 0.25) is 0 Å². The third-order valence-electron chi connectivity index (χ3n) is 2.73. The second-order valence-electron chi connectivity index (χ2n) is 4.34. The molecule has 0 aliphatic rings.